The first-order valence-electron chi connectivity index (χ1n) is 12.1. The van der Waals surface area contributed by atoms with Crippen molar-refractivity contribution >= 4 is 29.0 Å². The average Bonchev–Trinajstić information content (AvgIpc) is 3.26. The number of hydrogen-bond donors (Lipinski definition) is 3. The highest BCUT2D eigenvalue weighted by atomic mass is 32.1. The van der Waals surface area contributed by atoms with Crippen LogP contribution in [0, 0.1) is 0 Å². The SMILES string of the molecule is CCN1CCN(C(=O)c2ccc(-c3cc(=NC4CC4)n4ncc(=Cc5[nH]c(=O)[nH]c5O)c4n3)s2)CC1. The molecule has 1 amide bonds. The highest BCUT2D eigenvalue weighted by molar-refractivity contribution is 7.17. The number of nitrogens with one attached hydrogen (secondary N) is 2. The summed E-state index contributed by atoms with van der Waals surface area (Å²) in [5.41, 5.74) is 1.67. The van der Waals surface area contributed by atoms with E-state index in [0.717, 1.165) is 50.4 Å². The minimum absolute atomic E-state index is 0.0521. The van der Waals surface area contributed by atoms with Crippen molar-refractivity contribution in [3.05, 3.63) is 56.2 Å². The van der Waals surface area contributed by atoms with Crippen LogP contribution in [-0.2, 0) is 0 Å². The normalized spacial score (nSPS) is 18.0. The molecule has 2 aliphatic rings. The fourth-order valence-electron chi connectivity index (χ4n) is 4.34. The van der Waals surface area contributed by atoms with Gasteiger partial charge in [-0.3, -0.25) is 14.8 Å². The maximum absolute atomic E-state index is 13.1. The molecular weight excluding hydrogens is 480 g/mol. The Morgan fingerprint density at radius 2 is 2.06 bits per heavy atom. The van der Waals surface area contributed by atoms with Crippen molar-refractivity contribution < 1.29 is 9.90 Å². The largest absolute Gasteiger partial charge is 0.493 e. The van der Waals surface area contributed by atoms with E-state index < -0.39 is 5.69 Å². The van der Waals surface area contributed by atoms with Crippen molar-refractivity contribution in [2.45, 2.75) is 25.8 Å². The third-order valence-corrected chi connectivity index (χ3v) is 7.65. The van der Waals surface area contributed by atoms with Crippen LogP contribution in [0.3, 0.4) is 0 Å². The monoisotopic (exact) mass is 506 g/mol. The molecule has 1 saturated carbocycles. The van der Waals surface area contributed by atoms with Crippen LogP contribution in [0.25, 0.3) is 22.3 Å². The fourth-order valence-corrected chi connectivity index (χ4v) is 5.27. The van der Waals surface area contributed by atoms with Crippen LogP contribution in [0.5, 0.6) is 5.88 Å². The van der Waals surface area contributed by atoms with Gasteiger partial charge >= 0.3 is 5.69 Å². The number of hydrogen-bond acceptors (Lipinski definition) is 8. The number of aromatic hydroxyl groups is 1. The van der Waals surface area contributed by atoms with Crippen molar-refractivity contribution in [2.24, 2.45) is 4.99 Å². The van der Waals surface area contributed by atoms with Gasteiger partial charge < -0.3 is 19.9 Å². The summed E-state index contributed by atoms with van der Waals surface area (Å²) in [7, 11) is 0. The summed E-state index contributed by atoms with van der Waals surface area (Å²) in [4.78, 5) is 45.0. The van der Waals surface area contributed by atoms with E-state index in [9.17, 15) is 14.7 Å². The van der Waals surface area contributed by atoms with Gasteiger partial charge in [-0.05, 0) is 37.6 Å². The van der Waals surface area contributed by atoms with Crippen molar-refractivity contribution in [3.8, 4) is 16.5 Å². The van der Waals surface area contributed by atoms with Crippen LogP contribution in [0.15, 0.2) is 34.2 Å². The molecule has 0 radical (unpaired) electrons. The van der Waals surface area contributed by atoms with E-state index in [2.05, 4.69) is 26.9 Å². The number of nitrogens with zero attached hydrogens (tertiary/aromatic N) is 6. The molecule has 2 fully saturated rings. The van der Waals surface area contributed by atoms with E-state index in [1.807, 2.05) is 23.1 Å². The summed E-state index contributed by atoms with van der Waals surface area (Å²) in [6.07, 6.45) is 5.33. The Balaban J connectivity index is 1.39. The summed E-state index contributed by atoms with van der Waals surface area (Å²) in [5.74, 6) is -0.198. The molecule has 186 valence electrons. The molecule has 0 atom stereocenters. The van der Waals surface area contributed by atoms with Crippen molar-refractivity contribution in [2.75, 3.05) is 32.7 Å². The highest BCUT2D eigenvalue weighted by Gasteiger charge is 2.24. The predicted molar refractivity (Wildman–Crippen MR) is 135 cm³/mol. The lowest BCUT2D eigenvalue weighted by molar-refractivity contribution is 0.0648. The summed E-state index contributed by atoms with van der Waals surface area (Å²) >= 11 is 1.42. The van der Waals surface area contributed by atoms with Gasteiger partial charge in [-0.25, -0.2) is 9.78 Å². The molecule has 11 nitrogen and oxygen atoms in total. The molecule has 0 aromatic carbocycles. The fraction of sp³-hybridized carbons (Fsp3) is 0.375. The third-order valence-electron chi connectivity index (χ3n) is 6.55. The lowest BCUT2D eigenvalue weighted by Gasteiger charge is -2.33. The molecule has 1 saturated heterocycles. The lowest BCUT2D eigenvalue weighted by Crippen LogP contribution is -2.48. The second-order valence-electron chi connectivity index (χ2n) is 9.07. The first-order chi connectivity index (χ1) is 17.5. The number of carbonyl (C=O) groups is 1. The molecule has 6 rings (SSSR count). The maximum Gasteiger partial charge on any atom is 0.326 e. The van der Waals surface area contributed by atoms with Gasteiger partial charge in [-0.1, -0.05) is 6.92 Å². The molecule has 0 unspecified atom stereocenters. The average molecular weight is 507 g/mol. The number of H-pyrrole nitrogens is 2. The minimum Gasteiger partial charge on any atom is -0.493 e. The van der Waals surface area contributed by atoms with Crippen molar-refractivity contribution in [3.63, 3.8) is 0 Å². The Hall–Kier alpha value is -3.77. The van der Waals surface area contributed by atoms with Gasteiger partial charge in [0, 0.05) is 37.5 Å². The Morgan fingerprint density at radius 1 is 1.25 bits per heavy atom. The molecule has 4 aromatic heterocycles. The number of imidazole rings is 1. The Labute approximate surface area is 209 Å². The smallest absolute Gasteiger partial charge is 0.326 e. The van der Waals surface area contributed by atoms with Crippen LogP contribution in [0.1, 0.15) is 35.1 Å². The van der Waals surface area contributed by atoms with Crippen molar-refractivity contribution in [1.29, 1.82) is 0 Å². The first kappa shape index (κ1) is 22.7. The molecule has 4 aromatic rings. The van der Waals surface area contributed by atoms with Gasteiger partial charge in [0.25, 0.3) is 5.91 Å². The topological polar surface area (TPSA) is 135 Å². The number of piperazine rings is 1. The second kappa shape index (κ2) is 9.03. The zero-order valence-electron chi connectivity index (χ0n) is 19.8. The molecule has 1 aliphatic carbocycles. The molecule has 3 N–H and O–H groups in total. The summed E-state index contributed by atoms with van der Waals surface area (Å²) in [6, 6.07) is 5.96. The number of fused-ring (bicyclic) bond motifs is 1. The first-order valence-corrected chi connectivity index (χ1v) is 12.9. The van der Waals surface area contributed by atoms with E-state index in [-0.39, 0.29) is 23.5 Å². The quantitative estimate of drug-likeness (QED) is 0.362. The number of carbonyl (C=O) groups excluding carboxylic acids is 1. The zero-order valence-corrected chi connectivity index (χ0v) is 20.6. The minimum atomic E-state index is -0.500. The Kier molecular flexibility index (Phi) is 5.69. The molecular formula is C24H26N8O3S. The van der Waals surface area contributed by atoms with E-state index in [1.165, 1.54) is 11.3 Å². The molecule has 0 spiro atoms. The van der Waals surface area contributed by atoms with E-state index >= 15 is 0 Å². The van der Waals surface area contributed by atoms with Crippen LogP contribution < -0.4 is 16.4 Å². The van der Waals surface area contributed by atoms with Gasteiger partial charge in [0.1, 0.15) is 5.69 Å². The number of likely N-dealkylation sites (N-methyl/N-ethyl adjacent to an activating group) is 1. The van der Waals surface area contributed by atoms with Crippen LogP contribution >= 0.6 is 11.3 Å². The molecule has 0 bridgehead atoms. The van der Waals surface area contributed by atoms with Crippen LogP contribution in [0.4, 0.5) is 0 Å². The number of thiophene rings is 1. The number of rotatable bonds is 5. The van der Waals surface area contributed by atoms with E-state index in [1.54, 1.807) is 16.8 Å². The van der Waals surface area contributed by atoms with Crippen LogP contribution in [0.2, 0.25) is 0 Å². The Morgan fingerprint density at radius 3 is 2.75 bits per heavy atom. The summed E-state index contributed by atoms with van der Waals surface area (Å²) in [5, 5.41) is 15.1. The lowest BCUT2D eigenvalue weighted by atomic mass is 10.3. The zero-order chi connectivity index (χ0) is 24.8. The highest BCUT2D eigenvalue weighted by Crippen LogP contribution is 2.28. The maximum atomic E-state index is 13.1. The van der Waals surface area contributed by atoms with Gasteiger partial charge in [0.15, 0.2) is 11.1 Å². The molecule has 1 aliphatic heterocycles. The van der Waals surface area contributed by atoms with E-state index in [0.29, 0.717) is 26.9 Å². The second-order valence-corrected chi connectivity index (χ2v) is 10.2. The van der Waals surface area contributed by atoms with Crippen molar-refractivity contribution in [1.82, 2.24) is 34.4 Å². The summed E-state index contributed by atoms with van der Waals surface area (Å²) < 4.78 is 1.67. The van der Waals surface area contributed by atoms with Gasteiger partial charge in [0.05, 0.1) is 27.7 Å². The third kappa shape index (κ3) is 4.33. The van der Waals surface area contributed by atoms with Gasteiger partial charge in [-0.15, -0.1) is 11.3 Å². The number of aromatic nitrogens is 5. The van der Waals surface area contributed by atoms with E-state index in [4.69, 9.17) is 9.98 Å². The number of aromatic amines is 2. The summed E-state index contributed by atoms with van der Waals surface area (Å²) in [6.45, 7) is 6.40. The predicted octanol–water partition coefficient (Wildman–Crippen LogP) is 0.568. The molecule has 36 heavy (non-hydrogen) atoms. The molecule has 12 heteroatoms. The Bertz CT molecular complexity index is 1620. The van der Waals surface area contributed by atoms with Gasteiger partial charge in [0.2, 0.25) is 5.88 Å². The number of amides is 1. The standard InChI is InChI=1S/C24H26N8O3S/c1-2-30-7-9-31(10-8-30)23(34)19-6-5-18(36-19)16-12-20(26-15-3-4-15)32-21(27-16)14(13-25-32)11-17-22(33)29-24(35)28-17/h5-6,11-13,15,33H,2-4,7-10H2,1H3,(H2,28,29,35). The van der Waals surface area contributed by atoms with Gasteiger partial charge in [-0.2, -0.15) is 9.61 Å². The van der Waals surface area contributed by atoms with Crippen LogP contribution in [-0.4, -0.2) is 84.1 Å². The molecule has 5 heterocycles.